The Bertz CT molecular complexity index is 2570. The Morgan fingerprint density at radius 2 is 0.971 bits per heavy atom. The minimum atomic E-state index is -1.38. The van der Waals surface area contributed by atoms with E-state index in [-0.39, 0.29) is 84.8 Å². The quantitative estimate of drug-likeness (QED) is 0.0370. The highest BCUT2D eigenvalue weighted by atomic mass is 16.3. The number of aliphatic hydroxyl groups is 8. The Morgan fingerprint density at radius 3 is 1.34 bits per heavy atom. The van der Waals surface area contributed by atoms with E-state index >= 15 is 0 Å². The summed E-state index contributed by atoms with van der Waals surface area (Å²) in [4.78, 5) is 65.3. The van der Waals surface area contributed by atoms with E-state index in [1.54, 1.807) is 0 Å². The second-order valence-electron chi connectivity index (χ2n) is 17.3. The maximum atomic E-state index is 13.6. The van der Waals surface area contributed by atoms with Crippen LogP contribution >= 0.6 is 0 Å². The molecule has 10 atom stereocenters. The number of nitrogens with one attached hydrogen (secondary N) is 6. The molecular formula is C45H56N14O11. The van der Waals surface area contributed by atoms with Crippen molar-refractivity contribution in [1.29, 1.82) is 0 Å². The summed E-state index contributed by atoms with van der Waals surface area (Å²) in [6.07, 6.45) is -1.75. The van der Waals surface area contributed by atoms with Crippen LogP contribution in [0.1, 0.15) is 47.7 Å². The molecule has 4 aromatic heterocycles. The lowest BCUT2D eigenvalue weighted by molar-refractivity contribution is -0.126. The minimum Gasteiger partial charge on any atom is -0.394 e. The van der Waals surface area contributed by atoms with Crippen molar-refractivity contribution in [3.05, 3.63) is 96.1 Å². The van der Waals surface area contributed by atoms with Crippen molar-refractivity contribution in [3.63, 3.8) is 0 Å². The first-order valence-corrected chi connectivity index (χ1v) is 22.7. The first kappa shape index (κ1) is 49.5. The second kappa shape index (κ2) is 22.2. The summed E-state index contributed by atoms with van der Waals surface area (Å²) in [5.41, 5.74) is 2.82. The second-order valence-corrected chi connectivity index (χ2v) is 17.3. The van der Waals surface area contributed by atoms with Crippen LogP contribution in [0.25, 0.3) is 22.3 Å². The summed E-state index contributed by atoms with van der Waals surface area (Å²) in [5, 5.41) is 100. The van der Waals surface area contributed by atoms with Crippen LogP contribution < -0.4 is 31.9 Å². The number of carbonyl (C=O) groups excluding carboxylic acids is 3. The zero-order valence-corrected chi connectivity index (χ0v) is 37.7. The highest BCUT2D eigenvalue weighted by Crippen LogP contribution is 2.36. The molecule has 2 fully saturated rings. The van der Waals surface area contributed by atoms with Crippen molar-refractivity contribution in [3.8, 4) is 0 Å². The molecule has 372 valence electrons. The predicted octanol–water partition coefficient (Wildman–Crippen LogP) is -2.72. The molecule has 0 bridgehead atoms. The number of hydrogen-bond donors (Lipinski definition) is 14. The standard InChI is InChI=1S/C45H56N14O11/c60-17-25(11-23-7-3-1-4-8-23)50-41-35-43(58(21-48-35)29-13-27(37(66)39(29)68)52-33(64)19-62)56-31(54-41)15-46-45(70)47-16-32-55-42(51-26(18-61)12-24-9-5-2-6-10-24)36-44(57-32)59(22-49-36)30-14-28(38(67)40(30)69)53-34(65)20-63/h1-10,21-22,25-30,37-40,60-63,66-69H,11-20H2,(H,52,64)(H,53,65)(H2,46,47,70)(H,50,54,56)(H,51,55,57)/t25-,26-,27-,28-,29+,30+,37+,38+,39-,40-/m0/s1. The van der Waals surface area contributed by atoms with E-state index in [2.05, 4.69) is 61.8 Å². The molecule has 0 aliphatic heterocycles. The van der Waals surface area contributed by atoms with Gasteiger partial charge in [-0.3, -0.25) is 9.59 Å². The predicted molar refractivity (Wildman–Crippen MR) is 248 cm³/mol. The third-order valence-corrected chi connectivity index (χ3v) is 12.5. The van der Waals surface area contributed by atoms with E-state index in [1.807, 2.05) is 60.7 Å². The van der Waals surface area contributed by atoms with Gasteiger partial charge in [0.15, 0.2) is 34.6 Å². The van der Waals surface area contributed by atoms with Gasteiger partial charge in [0, 0.05) is 0 Å². The molecule has 0 saturated heterocycles. The number of nitrogens with zero attached hydrogens (tertiary/aromatic N) is 8. The lowest BCUT2D eigenvalue weighted by atomic mass is 10.1. The van der Waals surface area contributed by atoms with Crippen molar-refractivity contribution >= 4 is 51.8 Å². The van der Waals surface area contributed by atoms with Crippen LogP contribution in [0.2, 0.25) is 0 Å². The summed E-state index contributed by atoms with van der Waals surface area (Å²) in [5.74, 6) is -0.844. The Labute approximate surface area is 399 Å². The number of urea groups is 1. The number of benzene rings is 2. The van der Waals surface area contributed by atoms with Crippen LogP contribution in [-0.2, 0) is 35.5 Å². The first-order valence-electron chi connectivity index (χ1n) is 22.7. The van der Waals surface area contributed by atoms with Crippen LogP contribution in [0.15, 0.2) is 73.3 Å². The molecule has 25 heteroatoms. The molecule has 2 aromatic carbocycles. The van der Waals surface area contributed by atoms with E-state index in [9.17, 15) is 55.2 Å². The van der Waals surface area contributed by atoms with Gasteiger partial charge < -0.3 is 81.9 Å². The van der Waals surface area contributed by atoms with E-state index in [4.69, 9.17) is 0 Å². The van der Waals surface area contributed by atoms with E-state index < -0.39 is 91.7 Å². The van der Waals surface area contributed by atoms with Crippen LogP contribution in [0.4, 0.5) is 16.4 Å². The maximum absolute atomic E-state index is 13.6. The van der Waals surface area contributed by atoms with Gasteiger partial charge in [0.05, 0.1) is 75.2 Å². The highest BCUT2D eigenvalue weighted by molar-refractivity contribution is 5.85. The molecule has 0 radical (unpaired) electrons. The zero-order valence-electron chi connectivity index (χ0n) is 37.7. The lowest BCUT2D eigenvalue weighted by Crippen LogP contribution is -2.44. The number of aliphatic hydroxyl groups excluding tert-OH is 8. The molecule has 0 spiro atoms. The largest absolute Gasteiger partial charge is 0.394 e. The topological polar surface area (TPSA) is 372 Å². The summed E-state index contributed by atoms with van der Waals surface area (Å²) in [6.45, 7) is -2.69. The molecule has 2 aliphatic rings. The molecule has 2 aliphatic carbocycles. The van der Waals surface area contributed by atoms with Gasteiger partial charge >= 0.3 is 6.03 Å². The van der Waals surface area contributed by atoms with Gasteiger partial charge in [0.2, 0.25) is 11.8 Å². The lowest BCUT2D eigenvalue weighted by Gasteiger charge is -2.20. The maximum Gasteiger partial charge on any atom is 0.315 e. The average molecular weight is 969 g/mol. The summed E-state index contributed by atoms with van der Waals surface area (Å²) < 4.78 is 3.08. The Balaban J connectivity index is 1.04. The number of fused-ring (bicyclic) bond motifs is 2. The third-order valence-electron chi connectivity index (χ3n) is 12.5. The Hall–Kier alpha value is -6.97. The SMILES string of the molecule is O=C(CO)N[C@H]1C[C@@H](n2cnc3c(N[C@H](CO)Cc4ccccc4)nc(CNC(=O)NCc4nc(N[C@H](CO)Cc5ccccc5)c5ncn([C@@H]6C[C@H](NC(=O)CO)[C@@H](O)[C@H]6O)c5n4)nc32)[C@H](O)[C@@H]1O. The van der Waals surface area contributed by atoms with Crippen molar-refractivity contribution in [1.82, 2.24) is 60.3 Å². The van der Waals surface area contributed by atoms with Gasteiger partial charge in [-0.05, 0) is 36.8 Å². The fraction of sp³-hybridized carbons (Fsp3) is 0.444. The molecule has 6 aromatic rings. The van der Waals surface area contributed by atoms with Gasteiger partial charge in [0.25, 0.3) is 0 Å². The molecule has 70 heavy (non-hydrogen) atoms. The molecule has 4 amide bonds. The number of aromatic nitrogens is 8. The molecule has 25 nitrogen and oxygen atoms in total. The van der Waals surface area contributed by atoms with Crippen molar-refractivity contribution < 1.29 is 55.2 Å². The van der Waals surface area contributed by atoms with Gasteiger partial charge in [-0.2, -0.15) is 0 Å². The number of carbonyl (C=O) groups is 3. The van der Waals surface area contributed by atoms with Crippen LogP contribution in [0.5, 0.6) is 0 Å². The minimum absolute atomic E-state index is 0.0572. The Morgan fingerprint density at radius 1 is 0.571 bits per heavy atom. The van der Waals surface area contributed by atoms with Crippen LogP contribution in [-0.4, -0.2) is 173 Å². The number of amides is 4. The highest BCUT2D eigenvalue weighted by Gasteiger charge is 2.45. The number of hydrogen-bond acceptors (Lipinski definition) is 19. The van der Waals surface area contributed by atoms with Crippen LogP contribution in [0, 0.1) is 0 Å². The number of rotatable bonds is 20. The smallest absolute Gasteiger partial charge is 0.315 e. The number of anilines is 2. The summed E-state index contributed by atoms with van der Waals surface area (Å²) >= 11 is 0. The van der Waals surface area contributed by atoms with Crippen molar-refractivity contribution in [2.45, 2.75) is 99.4 Å². The van der Waals surface area contributed by atoms with Gasteiger partial charge in [-0.25, -0.2) is 34.7 Å². The van der Waals surface area contributed by atoms with Crippen LogP contribution in [0.3, 0.4) is 0 Å². The van der Waals surface area contributed by atoms with Crippen molar-refractivity contribution in [2.75, 3.05) is 37.1 Å². The van der Waals surface area contributed by atoms with Gasteiger partial charge in [-0.1, -0.05) is 60.7 Å². The average Bonchev–Trinajstić information content (AvgIpc) is 4.14. The molecule has 2 saturated carbocycles. The molecule has 4 heterocycles. The van der Waals surface area contributed by atoms with E-state index in [0.29, 0.717) is 12.8 Å². The molecule has 8 rings (SSSR count). The van der Waals surface area contributed by atoms with Crippen molar-refractivity contribution in [2.24, 2.45) is 0 Å². The number of imidazole rings is 2. The summed E-state index contributed by atoms with van der Waals surface area (Å²) in [6, 6.07) is 13.7. The van der Waals surface area contributed by atoms with Gasteiger partial charge in [0.1, 0.15) is 48.7 Å². The van der Waals surface area contributed by atoms with E-state index in [1.165, 1.54) is 21.8 Å². The molecule has 14 N–H and O–H groups in total. The molecular weight excluding hydrogens is 913 g/mol. The summed E-state index contributed by atoms with van der Waals surface area (Å²) in [7, 11) is 0. The first-order chi connectivity index (χ1) is 33.9. The normalized spacial score (nSPS) is 23.0. The third kappa shape index (κ3) is 11.1. The monoisotopic (exact) mass is 968 g/mol. The van der Waals surface area contributed by atoms with E-state index in [0.717, 1.165) is 11.1 Å². The molecule has 0 unspecified atom stereocenters. The Kier molecular flexibility index (Phi) is 15.7. The fourth-order valence-corrected chi connectivity index (χ4v) is 9.01. The van der Waals surface area contributed by atoms with Gasteiger partial charge in [-0.15, -0.1) is 0 Å². The fourth-order valence-electron chi connectivity index (χ4n) is 9.01. The zero-order chi connectivity index (χ0) is 49.5.